The molecule has 2 amide bonds. The van der Waals surface area contributed by atoms with Gasteiger partial charge >= 0.3 is 0 Å². The summed E-state index contributed by atoms with van der Waals surface area (Å²) in [5, 5.41) is 0.502. The Morgan fingerprint density at radius 3 is 2.39 bits per heavy atom. The quantitative estimate of drug-likeness (QED) is 0.482. The van der Waals surface area contributed by atoms with Gasteiger partial charge in [-0.3, -0.25) is 14.4 Å². The predicted molar refractivity (Wildman–Crippen MR) is 130 cm³/mol. The molecule has 6 heteroatoms. The molecule has 2 aromatic carbocycles. The summed E-state index contributed by atoms with van der Waals surface area (Å²) in [7, 11) is 0. The predicted octanol–water partition coefficient (Wildman–Crippen LogP) is 4.52. The average Bonchev–Trinajstić information content (AvgIpc) is 2.78. The molecule has 0 spiro atoms. The van der Waals surface area contributed by atoms with Gasteiger partial charge in [-0.25, -0.2) is 0 Å². The molecule has 6 nitrogen and oxygen atoms in total. The lowest BCUT2D eigenvalue weighted by molar-refractivity contribution is -0.140. The molecule has 174 valence electrons. The van der Waals surface area contributed by atoms with Crippen LogP contribution in [-0.4, -0.2) is 34.7 Å². The Morgan fingerprint density at radius 2 is 1.73 bits per heavy atom. The Morgan fingerprint density at radius 1 is 1.00 bits per heavy atom. The number of rotatable bonds is 9. The van der Waals surface area contributed by atoms with Gasteiger partial charge in [0.15, 0.2) is 5.43 Å². The summed E-state index contributed by atoms with van der Waals surface area (Å²) < 4.78 is 5.69. The summed E-state index contributed by atoms with van der Waals surface area (Å²) in [6.45, 7) is 8.52. The minimum absolute atomic E-state index is 0.0209. The van der Waals surface area contributed by atoms with E-state index in [4.69, 9.17) is 4.42 Å². The Balaban J connectivity index is 1.89. The number of hydrogen-bond donors (Lipinski definition) is 0. The highest BCUT2D eigenvalue weighted by Crippen LogP contribution is 2.16. The van der Waals surface area contributed by atoms with E-state index in [2.05, 4.69) is 13.8 Å². The van der Waals surface area contributed by atoms with Gasteiger partial charge in [0, 0.05) is 20.0 Å². The Kier molecular flexibility index (Phi) is 8.04. The minimum atomic E-state index is -0.207. The van der Waals surface area contributed by atoms with E-state index in [0.717, 1.165) is 17.5 Å². The van der Waals surface area contributed by atoms with Crippen LogP contribution in [0.4, 0.5) is 0 Å². The third-order valence-electron chi connectivity index (χ3n) is 5.68. The molecule has 1 heterocycles. The van der Waals surface area contributed by atoms with Crippen molar-refractivity contribution in [3.63, 3.8) is 0 Å². The van der Waals surface area contributed by atoms with Crippen LogP contribution in [0.2, 0.25) is 0 Å². The standard InChI is InChI=1S/C27H32N2O4/c1-19(2)12-13-28(21(4)30)17-26(31)29(15-22-8-6-5-7-9-22)16-23-18-33-25-11-10-20(3)14-24(25)27(23)32/h5-11,14,18-19H,12-13,15-17H2,1-4H3. The van der Waals surface area contributed by atoms with Crippen LogP contribution in [0, 0.1) is 12.8 Å². The van der Waals surface area contributed by atoms with Crippen LogP contribution in [0.25, 0.3) is 11.0 Å². The third-order valence-corrected chi connectivity index (χ3v) is 5.68. The highest BCUT2D eigenvalue weighted by molar-refractivity contribution is 5.84. The number of aryl methyl sites for hydroxylation is 1. The van der Waals surface area contributed by atoms with E-state index in [-0.39, 0.29) is 30.3 Å². The molecule has 0 aliphatic heterocycles. The van der Waals surface area contributed by atoms with Crippen LogP contribution in [0.5, 0.6) is 0 Å². The number of carbonyl (C=O) groups excluding carboxylic acids is 2. The molecule has 0 fully saturated rings. The van der Waals surface area contributed by atoms with Crippen molar-refractivity contribution in [2.24, 2.45) is 5.92 Å². The number of amides is 2. The smallest absolute Gasteiger partial charge is 0.242 e. The molecule has 3 rings (SSSR count). The van der Waals surface area contributed by atoms with Crippen LogP contribution in [0.3, 0.4) is 0 Å². The lowest BCUT2D eigenvalue weighted by Gasteiger charge is -2.27. The van der Waals surface area contributed by atoms with Crippen molar-refractivity contribution in [3.8, 4) is 0 Å². The van der Waals surface area contributed by atoms with Gasteiger partial charge < -0.3 is 14.2 Å². The van der Waals surface area contributed by atoms with Crippen molar-refractivity contribution in [2.75, 3.05) is 13.1 Å². The lowest BCUT2D eigenvalue weighted by Crippen LogP contribution is -2.42. The van der Waals surface area contributed by atoms with Crippen LogP contribution < -0.4 is 5.43 Å². The van der Waals surface area contributed by atoms with Crippen molar-refractivity contribution < 1.29 is 14.0 Å². The Hall–Kier alpha value is -3.41. The van der Waals surface area contributed by atoms with Gasteiger partial charge in [-0.15, -0.1) is 0 Å². The molecule has 0 aliphatic carbocycles. The van der Waals surface area contributed by atoms with Crippen molar-refractivity contribution in [1.82, 2.24) is 9.80 Å². The second-order valence-electron chi connectivity index (χ2n) is 8.95. The van der Waals surface area contributed by atoms with E-state index in [1.165, 1.54) is 13.2 Å². The Bertz CT molecular complexity index is 1170. The molecule has 0 atom stereocenters. The SMILES string of the molecule is CC(=O)N(CCC(C)C)CC(=O)N(Cc1ccccc1)Cc1coc2ccc(C)cc2c1=O. The molecule has 0 bridgehead atoms. The first-order chi connectivity index (χ1) is 15.7. The molecule has 33 heavy (non-hydrogen) atoms. The first-order valence-corrected chi connectivity index (χ1v) is 11.3. The van der Waals surface area contributed by atoms with Crippen LogP contribution in [-0.2, 0) is 22.7 Å². The summed E-state index contributed by atoms with van der Waals surface area (Å²) in [6.07, 6.45) is 2.26. The van der Waals surface area contributed by atoms with Crippen molar-refractivity contribution in [2.45, 2.75) is 47.2 Å². The number of fused-ring (bicyclic) bond motifs is 1. The molecule has 0 N–H and O–H groups in total. The topological polar surface area (TPSA) is 70.8 Å². The Labute approximate surface area is 194 Å². The fourth-order valence-electron chi connectivity index (χ4n) is 3.66. The van der Waals surface area contributed by atoms with Gasteiger partial charge in [-0.05, 0) is 37.0 Å². The lowest BCUT2D eigenvalue weighted by atomic mass is 10.1. The summed E-state index contributed by atoms with van der Waals surface area (Å²) in [5.41, 5.74) is 2.70. The van der Waals surface area contributed by atoms with Gasteiger partial charge in [0.1, 0.15) is 5.58 Å². The highest BCUT2D eigenvalue weighted by Gasteiger charge is 2.22. The maximum atomic E-state index is 13.3. The van der Waals surface area contributed by atoms with E-state index >= 15 is 0 Å². The minimum Gasteiger partial charge on any atom is -0.464 e. The zero-order valence-electron chi connectivity index (χ0n) is 19.8. The molecule has 0 saturated heterocycles. The molecular formula is C27H32N2O4. The molecule has 0 aliphatic rings. The normalized spacial score (nSPS) is 11.1. The van der Waals surface area contributed by atoms with Gasteiger partial charge in [-0.2, -0.15) is 0 Å². The molecule has 0 unspecified atom stereocenters. The highest BCUT2D eigenvalue weighted by atomic mass is 16.3. The summed E-state index contributed by atoms with van der Waals surface area (Å²) in [5.74, 6) is 0.0824. The van der Waals surface area contributed by atoms with E-state index in [1.807, 2.05) is 43.3 Å². The molecule has 0 saturated carbocycles. The molecule has 1 aromatic heterocycles. The average molecular weight is 449 g/mol. The number of nitrogens with zero attached hydrogens (tertiary/aromatic N) is 2. The maximum absolute atomic E-state index is 13.3. The zero-order chi connectivity index (χ0) is 24.0. The monoisotopic (exact) mass is 448 g/mol. The summed E-state index contributed by atoms with van der Waals surface area (Å²) >= 11 is 0. The second kappa shape index (κ2) is 10.9. The van der Waals surface area contributed by atoms with Crippen molar-refractivity contribution in [3.05, 3.63) is 81.7 Å². The van der Waals surface area contributed by atoms with Gasteiger partial charge in [-0.1, -0.05) is 55.8 Å². The number of benzene rings is 2. The van der Waals surface area contributed by atoms with E-state index in [1.54, 1.807) is 21.9 Å². The molecule has 0 radical (unpaired) electrons. The van der Waals surface area contributed by atoms with Gasteiger partial charge in [0.2, 0.25) is 11.8 Å². The van der Waals surface area contributed by atoms with E-state index < -0.39 is 0 Å². The molecular weight excluding hydrogens is 416 g/mol. The summed E-state index contributed by atoms with van der Waals surface area (Å²) in [6, 6.07) is 15.1. The van der Waals surface area contributed by atoms with Crippen LogP contribution >= 0.6 is 0 Å². The van der Waals surface area contributed by atoms with E-state index in [0.29, 0.717) is 35.5 Å². The van der Waals surface area contributed by atoms with Crippen LogP contribution in [0.1, 0.15) is 43.9 Å². The summed E-state index contributed by atoms with van der Waals surface area (Å²) in [4.78, 5) is 41.8. The number of carbonyl (C=O) groups is 2. The fourth-order valence-corrected chi connectivity index (χ4v) is 3.66. The largest absolute Gasteiger partial charge is 0.464 e. The van der Waals surface area contributed by atoms with Crippen molar-refractivity contribution in [1.29, 1.82) is 0 Å². The van der Waals surface area contributed by atoms with Gasteiger partial charge in [0.25, 0.3) is 0 Å². The second-order valence-corrected chi connectivity index (χ2v) is 8.95. The fraction of sp³-hybridized carbons (Fsp3) is 0.370. The maximum Gasteiger partial charge on any atom is 0.242 e. The number of hydrogen-bond acceptors (Lipinski definition) is 4. The van der Waals surface area contributed by atoms with Crippen LogP contribution in [0.15, 0.2) is 64.0 Å². The first kappa shape index (κ1) is 24.2. The van der Waals surface area contributed by atoms with E-state index in [9.17, 15) is 14.4 Å². The third kappa shape index (κ3) is 6.54. The zero-order valence-corrected chi connectivity index (χ0v) is 19.8. The molecule has 3 aromatic rings. The van der Waals surface area contributed by atoms with Crippen molar-refractivity contribution >= 4 is 22.8 Å². The van der Waals surface area contributed by atoms with Gasteiger partial charge in [0.05, 0.1) is 30.3 Å². The first-order valence-electron chi connectivity index (χ1n) is 11.3.